The van der Waals surface area contributed by atoms with Crippen molar-refractivity contribution in [3.05, 3.63) is 54.1 Å². The summed E-state index contributed by atoms with van der Waals surface area (Å²) in [5.41, 5.74) is 3.56. The van der Waals surface area contributed by atoms with Crippen molar-refractivity contribution >= 4 is 27.4 Å². The molecule has 0 aliphatic heterocycles. The number of benzene rings is 2. The van der Waals surface area contributed by atoms with Gasteiger partial charge in [-0.25, -0.2) is 18.4 Å². The second-order valence-electron chi connectivity index (χ2n) is 4.24. The molecule has 2 aromatic rings. The van der Waals surface area contributed by atoms with Crippen LogP contribution in [0.1, 0.15) is 10.4 Å². The molecule has 9 heteroatoms. The number of carboxylic acid groups (broad SMARTS) is 1. The third-order valence-corrected chi connectivity index (χ3v) is 3.53. The van der Waals surface area contributed by atoms with Crippen LogP contribution >= 0.6 is 0 Å². The average Bonchev–Trinajstić information content (AvgIpc) is 2.47. The van der Waals surface area contributed by atoms with E-state index < -0.39 is 16.0 Å². The van der Waals surface area contributed by atoms with Crippen LogP contribution in [0.25, 0.3) is 0 Å². The van der Waals surface area contributed by atoms with Crippen LogP contribution in [-0.4, -0.2) is 19.5 Å². The summed E-state index contributed by atoms with van der Waals surface area (Å²) >= 11 is 0. The van der Waals surface area contributed by atoms with Crippen LogP contribution in [-0.2, 0) is 10.0 Å². The molecule has 22 heavy (non-hydrogen) atoms. The molecule has 0 radical (unpaired) electrons. The summed E-state index contributed by atoms with van der Waals surface area (Å²) < 4.78 is 22.4. The molecular weight excluding hydrogens is 308 g/mol. The second kappa shape index (κ2) is 6.33. The molecule has 8 nitrogen and oxygen atoms in total. The van der Waals surface area contributed by atoms with E-state index in [1.54, 1.807) is 6.07 Å². The summed E-state index contributed by atoms with van der Waals surface area (Å²) in [5.74, 6) is -1.03. The highest BCUT2D eigenvalue weighted by Gasteiger charge is 2.07. The molecule has 0 saturated heterocycles. The first kappa shape index (κ1) is 15.6. The summed E-state index contributed by atoms with van der Waals surface area (Å²) in [4.78, 5) is 10.7. The molecule has 2 rings (SSSR count). The van der Waals surface area contributed by atoms with Crippen molar-refractivity contribution in [3.8, 4) is 0 Å². The van der Waals surface area contributed by atoms with Gasteiger partial charge in [0, 0.05) is 0 Å². The largest absolute Gasteiger partial charge is 0.478 e. The van der Waals surface area contributed by atoms with Gasteiger partial charge in [0.25, 0.3) is 0 Å². The van der Waals surface area contributed by atoms with Gasteiger partial charge in [0.2, 0.25) is 10.0 Å². The van der Waals surface area contributed by atoms with Gasteiger partial charge in [-0.15, -0.1) is 5.11 Å². The maximum atomic E-state index is 11.2. The normalized spacial score (nSPS) is 11.5. The highest BCUT2D eigenvalue weighted by Crippen LogP contribution is 2.16. The molecule has 0 atom stereocenters. The van der Waals surface area contributed by atoms with Crippen molar-refractivity contribution in [3.63, 3.8) is 0 Å². The van der Waals surface area contributed by atoms with Gasteiger partial charge < -0.3 is 5.11 Å². The molecule has 0 spiro atoms. The first-order valence-electron chi connectivity index (χ1n) is 5.99. The zero-order chi connectivity index (χ0) is 16.2. The summed E-state index contributed by atoms with van der Waals surface area (Å²) in [6.07, 6.45) is 0. The molecule has 4 N–H and O–H groups in total. The molecule has 0 aliphatic carbocycles. The second-order valence-corrected chi connectivity index (χ2v) is 5.80. The number of anilines is 1. The van der Waals surface area contributed by atoms with Gasteiger partial charge in [0.05, 0.1) is 21.8 Å². The fraction of sp³-hybridized carbons (Fsp3) is 0. The number of primary sulfonamides is 1. The average molecular weight is 320 g/mol. The van der Waals surface area contributed by atoms with Gasteiger partial charge in [0.1, 0.15) is 0 Å². The van der Waals surface area contributed by atoms with Gasteiger partial charge in [-0.3, -0.25) is 5.43 Å². The van der Waals surface area contributed by atoms with E-state index in [0.29, 0.717) is 11.4 Å². The Labute approximate surface area is 126 Å². The first-order valence-corrected chi connectivity index (χ1v) is 7.54. The van der Waals surface area contributed by atoms with E-state index >= 15 is 0 Å². The lowest BCUT2D eigenvalue weighted by molar-refractivity contribution is 0.0697. The highest BCUT2D eigenvalue weighted by molar-refractivity contribution is 7.89. The van der Waals surface area contributed by atoms with E-state index in [1.807, 2.05) is 0 Å². The van der Waals surface area contributed by atoms with Crippen LogP contribution in [0.4, 0.5) is 11.4 Å². The number of hydrogen-bond donors (Lipinski definition) is 3. The number of nitrogens with one attached hydrogen (secondary N) is 1. The summed E-state index contributed by atoms with van der Waals surface area (Å²) in [6, 6.07) is 11.6. The first-order chi connectivity index (χ1) is 10.4. The van der Waals surface area contributed by atoms with Gasteiger partial charge >= 0.3 is 5.97 Å². The number of nitrogens with two attached hydrogens (primary N) is 1. The molecule has 0 aliphatic rings. The summed E-state index contributed by atoms with van der Waals surface area (Å²) in [6.45, 7) is 0. The van der Waals surface area contributed by atoms with Crippen molar-refractivity contribution in [2.45, 2.75) is 4.90 Å². The lowest BCUT2D eigenvalue weighted by Gasteiger charge is -2.02. The van der Waals surface area contributed by atoms with Crippen LogP contribution in [0.5, 0.6) is 0 Å². The predicted molar refractivity (Wildman–Crippen MR) is 79.4 cm³/mol. The Morgan fingerprint density at radius 2 is 1.82 bits per heavy atom. The quantitative estimate of drug-likeness (QED) is 0.573. The molecule has 2 aromatic carbocycles. The molecule has 0 bridgehead atoms. The SMILES string of the molecule is NS(=O)(=O)c1cccc(NN=Nc2ccc(C(=O)O)cc2)c1. The van der Waals surface area contributed by atoms with Crippen molar-refractivity contribution in [2.75, 3.05) is 5.43 Å². The number of carboxylic acids is 1. The van der Waals surface area contributed by atoms with Gasteiger partial charge in [-0.2, -0.15) is 0 Å². The Hall–Kier alpha value is -2.78. The smallest absolute Gasteiger partial charge is 0.335 e. The van der Waals surface area contributed by atoms with Gasteiger partial charge in [-0.05, 0) is 42.5 Å². The third kappa shape index (κ3) is 4.11. The van der Waals surface area contributed by atoms with Crippen LogP contribution in [0.2, 0.25) is 0 Å². The number of sulfonamides is 1. The van der Waals surface area contributed by atoms with Gasteiger partial charge in [0.15, 0.2) is 0 Å². The van der Waals surface area contributed by atoms with E-state index in [0.717, 1.165) is 0 Å². The minimum atomic E-state index is -3.78. The summed E-state index contributed by atoms with van der Waals surface area (Å²) in [7, 11) is -3.78. The number of aromatic carboxylic acids is 1. The Morgan fingerprint density at radius 1 is 1.14 bits per heavy atom. The minimum absolute atomic E-state index is 0.0430. The zero-order valence-corrected chi connectivity index (χ0v) is 12.0. The molecule has 0 fully saturated rings. The van der Waals surface area contributed by atoms with Crippen molar-refractivity contribution in [1.82, 2.24) is 0 Å². The minimum Gasteiger partial charge on any atom is -0.478 e. The molecular formula is C13H12N4O4S. The number of rotatable bonds is 5. The molecule has 0 amide bonds. The lowest BCUT2D eigenvalue weighted by Crippen LogP contribution is -2.12. The van der Waals surface area contributed by atoms with E-state index in [-0.39, 0.29) is 10.5 Å². The highest BCUT2D eigenvalue weighted by atomic mass is 32.2. The van der Waals surface area contributed by atoms with Gasteiger partial charge in [-0.1, -0.05) is 11.3 Å². The fourth-order valence-electron chi connectivity index (χ4n) is 1.55. The monoisotopic (exact) mass is 320 g/mol. The van der Waals surface area contributed by atoms with Crippen LogP contribution in [0.15, 0.2) is 63.8 Å². The van der Waals surface area contributed by atoms with E-state index in [4.69, 9.17) is 10.2 Å². The lowest BCUT2D eigenvalue weighted by atomic mass is 10.2. The molecule has 0 aromatic heterocycles. The molecule has 114 valence electrons. The summed E-state index contributed by atoms with van der Waals surface area (Å²) in [5, 5.41) is 21.3. The molecule has 0 saturated carbocycles. The topological polar surface area (TPSA) is 134 Å². The standard InChI is InChI=1S/C13H12N4O4S/c14-22(20,21)12-3-1-2-11(8-12)16-17-15-10-6-4-9(5-7-10)13(18)19/h1-8H,(H,15,16)(H,18,19)(H2,14,20,21). The molecule has 0 heterocycles. The Bertz CT molecular complexity index is 816. The maximum absolute atomic E-state index is 11.2. The van der Waals surface area contributed by atoms with Crippen molar-refractivity contribution < 1.29 is 18.3 Å². The number of nitrogens with zero attached hydrogens (tertiary/aromatic N) is 2. The maximum Gasteiger partial charge on any atom is 0.335 e. The Morgan fingerprint density at radius 3 is 2.41 bits per heavy atom. The number of carbonyl (C=O) groups is 1. The number of hydrogen-bond acceptors (Lipinski definition) is 5. The van der Waals surface area contributed by atoms with Crippen LogP contribution < -0.4 is 10.6 Å². The van der Waals surface area contributed by atoms with Crippen LogP contribution in [0, 0.1) is 0 Å². The predicted octanol–water partition coefficient (Wildman–Crippen LogP) is 2.14. The van der Waals surface area contributed by atoms with Crippen molar-refractivity contribution in [1.29, 1.82) is 0 Å². The van der Waals surface area contributed by atoms with E-state index in [1.165, 1.54) is 42.5 Å². The van der Waals surface area contributed by atoms with Crippen molar-refractivity contribution in [2.24, 2.45) is 15.5 Å². The fourth-order valence-corrected chi connectivity index (χ4v) is 2.11. The van der Waals surface area contributed by atoms with Crippen LogP contribution in [0.3, 0.4) is 0 Å². The zero-order valence-electron chi connectivity index (χ0n) is 11.2. The third-order valence-electron chi connectivity index (χ3n) is 2.62. The Kier molecular flexibility index (Phi) is 4.49. The Balaban J connectivity index is 2.08. The molecule has 0 unspecified atom stereocenters. The van der Waals surface area contributed by atoms with E-state index in [2.05, 4.69) is 15.8 Å². The van der Waals surface area contributed by atoms with E-state index in [9.17, 15) is 13.2 Å².